The summed E-state index contributed by atoms with van der Waals surface area (Å²) >= 11 is 3.32. The second kappa shape index (κ2) is 8.44. The maximum absolute atomic E-state index is 12.8. The molecular formula is C20H23BrN2O3S. The lowest BCUT2D eigenvalue weighted by atomic mass is 9.94. The third-order valence-corrected chi connectivity index (χ3v) is 6.84. The Hall–Kier alpha value is -1.86. The summed E-state index contributed by atoms with van der Waals surface area (Å²) in [4.78, 5) is 14.7. The number of nitrogens with one attached hydrogen (secondary N) is 1. The number of rotatable bonds is 5. The van der Waals surface area contributed by atoms with E-state index < -0.39 is 10.0 Å². The van der Waals surface area contributed by atoms with Gasteiger partial charge >= 0.3 is 0 Å². The average Bonchev–Trinajstić information content (AvgIpc) is 2.69. The van der Waals surface area contributed by atoms with Crippen LogP contribution in [-0.4, -0.2) is 32.3 Å². The standard InChI is InChI=1S/C20H23BrN2O3S/c1-23(18-7-3-2-4-8-18)20(24)15-6-5-9-19(14-15)27(25,26)22-17-12-10-16(21)11-13-17/h5-6,9-14,18,22H,2-4,7-8H2,1H3. The normalized spacial score (nSPS) is 15.3. The molecule has 0 aromatic heterocycles. The minimum absolute atomic E-state index is 0.0771. The number of anilines is 1. The molecule has 27 heavy (non-hydrogen) atoms. The monoisotopic (exact) mass is 450 g/mol. The number of nitrogens with zero attached hydrogens (tertiary/aromatic N) is 1. The summed E-state index contributed by atoms with van der Waals surface area (Å²) in [6.45, 7) is 0. The van der Waals surface area contributed by atoms with Gasteiger partial charge in [0.05, 0.1) is 4.90 Å². The van der Waals surface area contributed by atoms with Crippen LogP contribution in [0.25, 0.3) is 0 Å². The van der Waals surface area contributed by atoms with Gasteiger partial charge in [0.15, 0.2) is 0 Å². The van der Waals surface area contributed by atoms with E-state index in [1.54, 1.807) is 48.3 Å². The van der Waals surface area contributed by atoms with Crippen LogP contribution in [0.2, 0.25) is 0 Å². The van der Waals surface area contributed by atoms with Crippen molar-refractivity contribution in [3.63, 3.8) is 0 Å². The van der Waals surface area contributed by atoms with Crippen LogP contribution in [0.3, 0.4) is 0 Å². The molecule has 2 aromatic rings. The average molecular weight is 451 g/mol. The molecule has 1 saturated carbocycles. The Morgan fingerprint density at radius 1 is 1.07 bits per heavy atom. The highest BCUT2D eigenvalue weighted by molar-refractivity contribution is 9.10. The van der Waals surface area contributed by atoms with Gasteiger partial charge in [0.1, 0.15) is 0 Å². The topological polar surface area (TPSA) is 66.5 Å². The molecule has 0 aliphatic heterocycles. The predicted molar refractivity (Wildman–Crippen MR) is 110 cm³/mol. The highest BCUT2D eigenvalue weighted by atomic mass is 79.9. The van der Waals surface area contributed by atoms with Crippen molar-refractivity contribution in [3.05, 3.63) is 58.6 Å². The highest BCUT2D eigenvalue weighted by Crippen LogP contribution is 2.24. The first kappa shape index (κ1) is 19.9. The van der Waals surface area contributed by atoms with Gasteiger partial charge in [-0.3, -0.25) is 9.52 Å². The molecule has 0 unspecified atom stereocenters. The smallest absolute Gasteiger partial charge is 0.261 e. The number of halogens is 1. The molecule has 144 valence electrons. The molecule has 1 amide bonds. The fourth-order valence-corrected chi connectivity index (χ4v) is 4.73. The van der Waals surface area contributed by atoms with Gasteiger partial charge in [-0.1, -0.05) is 41.3 Å². The summed E-state index contributed by atoms with van der Waals surface area (Å²) in [6, 6.07) is 13.3. The van der Waals surface area contributed by atoms with Crippen molar-refractivity contribution in [2.45, 2.75) is 43.0 Å². The number of hydrogen-bond donors (Lipinski definition) is 1. The molecule has 0 atom stereocenters. The molecule has 1 N–H and O–H groups in total. The van der Waals surface area contributed by atoms with Crippen molar-refractivity contribution in [3.8, 4) is 0 Å². The Bertz CT molecular complexity index is 907. The van der Waals surface area contributed by atoms with Crippen molar-refractivity contribution >= 4 is 37.5 Å². The zero-order chi connectivity index (χ0) is 19.4. The van der Waals surface area contributed by atoms with Gasteiger partial charge in [0.2, 0.25) is 0 Å². The Balaban J connectivity index is 1.79. The molecule has 0 bridgehead atoms. The molecule has 5 nitrogen and oxygen atoms in total. The quantitative estimate of drug-likeness (QED) is 0.720. The summed E-state index contributed by atoms with van der Waals surface area (Å²) in [5, 5.41) is 0. The summed E-state index contributed by atoms with van der Waals surface area (Å²) in [6.07, 6.45) is 5.49. The molecule has 0 heterocycles. The first-order chi connectivity index (χ1) is 12.9. The van der Waals surface area contributed by atoms with Crippen LogP contribution in [0.1, 0.15) is 42.5 Å². The molecular weight excluding hydrogens is 428 g/mol. The number of hydrogen-bond acceptors (Lipinski definition) is 3. The molecule has 0 radical (unpaired) electrons. The number of carbonyl (C=O) groups is 1. The van der Waals surface area contributed by atoms with Crippen molar-refractivity contribution in [2.75, 3.05) is 11.8 Å². The van der Waals surface area contributed by atoms with Gasteiger partial charge < -0.3 is 4.90 Å². The highest BCUT2D eigenvalue weighted by Gasteiger charge is 2.24. The molecule has 1 aliphatic rings. The summed E-state index contributed by atoms with van der Waals surface area (Å²) in [5.74, 6) is -0.136. The number of carbonyl (C=O) groups excluding carboxylic acids is 1. The van der Waals surface area contributed by atoms with E-state index in [9.17, 15) is 13.2 Å². The van der Waals surface area contributed by atoms with E-state index in [4.69, 9.17) is 0 Å². The lowest BCUT2D eigenvalue weighted by Crippen LogP contribution is -2.38. The number of sulfonamides is 1. The lowest BCUT2D eigenvalue weighted by molar-refractivity contribution is 0.0696. The second-order valence-electron chi connectivity index (χ2n) is 6.85. The van der Waals surface area contributed by atoms with Gasteiger partial charge in [-0.25, -0.2) is 8.42 Å². The largest absolute Gasteiger partial charge is 0.339 e. The SMILES string of the molecule is CN(C(=O)c1cccc(S(=O)(=O)Nc2ccc(Br)cc2)c1)C1CCCCC1. The first-order valence-electron chi connectivity index (χ1n) is 9.02. The predicted octanol–water partition coefficient (Wildman–Crippen LogP) is 4.65. The third-order valence-electron chi connectivity index (χ3n) is 4.93. The molecule has 0 spiro atoms. The van der Waals surface area contributed by atoms with Crippen LogP contribution in [0.5, 0.6) is 0 Å². The van der Waals surface area contributed by atoms with Crippen LogP contribution in [0.15, 0.2) is 57.9 Å². The Morgan fingerprint density at radius 2 is 1.74 bits per heavy atom. The van der Waals surface area contributed by atoms with Crippen LogP contribution >= 0.6 is 15.9 Å². The molecule has 7 heteroatoms. The van der Waals surface area contributed by atoms with Crippen molar-refractivity contribution in [1.29, 1.82) is 0 Å². The maximum Gasteiger partial charge on any atom is 0.261 e. The Labute approximate surface area is 169 Å². The molecule has 0 saturated heterocycles. The van der Waals surface area contributed by atoms with E-state index in [0.29, 0.717) is 11.3 Å². The van der Waals surface area contributed by atoms with Gasteiger partial charge in [-0.15, -0.1) is 0 Å². The first-order valence-corrected chi connectivity index (χ1v) is 11.3. The fourth-order valence-electron chi connectivity index (χ4n) is 3.37. The Kier molecular flexibility index (Phi) is 6.22. The maximum atomic E-state index is 12.8. The van der Waals surface area contributed by atoms with Gasteiger partial charge in [-0.2, -0.15) is 0 Å². The van der Waals surface area contributed by atoms with Crippen LogP contribution in [-0.2, 0) is 10.0 Å². The van der Waals surface area contributed by atoms with E-state index >= 15 is 0 Å². The molecule has 1 fully saturated rings. The third kappa shape index (κ3) is 4.90. The second-order valence-corrected chi connectivity index (χ2v) is 9.45. The van der Waals surface area contributed by atoms with Crippen LogP contribution in [0, 0.1) is 0 Å². The van der Waals surface area contributed by atoms with Crippen molar-refractivity contribution < 1.29 is 13.2 Å². The minimum Gasteiger partial charge on any atom is -0.339 e. The number of amides is 1. The van der Waals surface area contributed by atoms with Gasteiger partial charge in [0.25, 0.3) is 15.9 Å². The van der Waals surface area contributed by atoms with E-state index in [2.05, 4.69) is 20.7 Å². The van der Waals surface area contributed by atoms with Crippen molar-refractivity contribution in [1.82, 2.24) is 4.90 Å². The Morgan fingerprint density at radius 3 is 2.41 bits per heavy atom. The lowest BCUT2D eigenvalue weighted by Gasteiger charge is -2.31. The van der Waals surface area contributed by atoms with E-state index in [1.807, 2.05) is 0 Å². The summed E-state index contributed by atoms with van der Waals surface area (Å²) in [5.41, 5.74) is 0.857. The summed E-state index contributed by atoms with van der Waals surface area (Å²) < 4.78 is 28.8. The van der Waals surface area contributed by atoms with Gasteiger partial charge in [0, 0.05) is 28.8 Å². The fraction of sp³-hybridized carbons (Fsp3) is 0.350. The number of benzene rings is 2. The summed E-state index contributed by atoms with van der Waals surface area (Å²) in [7, 11) is -1.96. The zero-order valence-electron chi connectivity index (χ0n) is 15.2. The minimum atomic E-state index is -3.77. The van der Waals surface area contributed by atoms with Crippen LogP contribution < -0.4 is 4.72 Å². The zero-order valence-corrected chi connectivity index (χ0v) is 17.6. The van der Waals surface area contributed by atoms with Crippen LogP contribution in [0.4, 0.5) is 5.69 Å². The van der Waals surface area contributed by atoms with E-state index in [-0.39, 0.29) is 16.8 Å². The molecule has 2 aromatic carbocycles. The van der Waals surface area contributed by atoms with Crippen molar-refractivity contribution in [2.24, 2.45) is 0 Å². The van der Waals surface area contributed by atoms with Gasteiger partial charge in [-0.05, 0) is 55.3 Å². The van der Waals surface area contributed by atoms with E-state index in [1.165, 1.54) is 18.6 Å². The molecule has 1 aliphatic carbocycles. The molecule has 3 rings (SSSR count). The van der Waals surface area contributed by atoms with E-state index in [0.717, 1.165) is 30.2 Å².